The number of amides is 1. The van der Waals surface area contributed by atoms with Crippen LogP contribution in [0.25, 0.3) is 0 Å². The van der Waals surface area contributed by atoms with Crippen LogP contribution in [0.15, 0.2) is 42.5 Å². The molecular weight excluding hydrogens is 376 g/mol. The lowest BCUT2D eigenvalue weighted by molar-refractivity contribution is -0.120. The highest BCUT2D eigenvalue weighted by Crippen LogP contribution is 2.42. The molecule has 5 heteroatoms. The van der Waals surface area contributed by atoms with Gasteiger partial charge >= 0.3 is 5.97 Å². The minimum Gasteiger partial charge on any atom is -0.478 e. The second-order valence-electron chi connectivity index (χ2n) is 8.31. The Labute approximate surface area is 178 Å². The van der Waals surface area contributed by atoms with E-state index < -0.39 is 11.9 Å². The maximum Gasteiger partial charge on any atom is 0.335 e. The zero-order valence-electron chi connectivity index (χ0n) is 17.9. The molecule has 0 bridgehead atoms. The Morgan fingerprint density at radius 2 is 1.73 bits per heavy atom. The lowest BCUT2D eigenvalue weighted by Crippen LogP contribution is -2.32. The smallest absolute Gasteiger partial charge is 0.335 e. The van der Waals surface area contributed by atoms with Crippen molar-refractivity contribution in [1.82, 2.24) is 0 Å². The van der Waals surface area contributed by atoms with Crippen molar-refractivity contribution in [2.75, 3.05) is 18.0 Å². The van der Waals surface area contributed by atoms with Gasteiger partial charge in [-0.15, -0.1) is 0 Å². The molecule has 0 aromatic heterocycles. The molecule has 1 aliphatic rings. The Balaban J connectivity index is 2.07. The summed E-state index contributed by atoms with van der Waals surface area (Å²) in [5.74, 6) is -1.91. The number of piperidine rings is 1. The molecule has 0 aliphatic carbocycles. The molecule has 30 heavy (non-hydrogen) atoms. The number of nitrogens with zero attached hydrogens (tertiary/aromatic N) is 1. The molecule has 1 saturated heterocycles. The molecule has 0 radical (unpaired) electrons. The Bertz CT molecular complexity index is 886. The second kappa shape index (κ2) is 9.79. The van der Waals surface area contributed by atoms with Gasteiger partial charge in [0, 0.05) is 24.7 Å². The van der Waals surface area contributed by atoms with Crippen LogP contribution in [0.5, 0.6) is 0 Å². The van der Waals surface area contributed by atoms with Crippen LogP contribution in [-0.4, -0.2) is 30.1 Å². The molecule has 2 aromatic carbocycles. The quantitative estimate of drug-likeness (QED) is 0.655. The van der Waals surface area contributed by atoms with Gasteiger partial charge in [-0.2, -0.15) is 0 Å². The van der Waals surface area contributed by atoms with E-state index in [0.717, 1.165) is 37.1 Å². The van der Waals surface area contributed by atoms with Crippen LogP contribution in [0.1, 0.15) is 77.9 Å². The van der Waals surface area contributed by atoms with Gasteiger partial charge in [0.15, 0.2) is 0 Å². The fraction of sp³-hybridized carbons (Fsp3) is 0.440. The third kappa shape index (κ3) is 4.84. The van der Waals surface area contributed by atoms with Crippen molar-refractivity contribution in [1.29, 1.82) is 0 Å². The lowest BCUT2D eigenvalue weighted by Gasteiger charge is -2.34. The zero-order valence-corrected chi connectivity index (χ0v) is 17.9. The summed E-state index contributed by atoms with van der Waals surface area (Å²) in [6.07, 6.45) is 5.38. The number of primary amides is 1. The van der Waals surface area contributed by atoms with Crippen molar-refractivity contribution in [3.05, 3.63) is 64.7 Å². The molecule has 1 aliphatic heterocycles. The van der Waals surface area contributed by atoms with Gasteiger partial charge in [-0.1, -0.05) is 43.2 Å². The van der Waals surface area contributed by atoms with Crippen LogP contribution in [-0.2, 0) is 4.79 Å². The monoisotopic (exact) mass is 408 g/mol. The fourth-order valence-electron chi connectivity index (χ4n) is 4.63. The average Bonchev–Trinajstić information content (AvgIpc) is 2.74. The average molecular weight is 409 g/mol. The molecule has 160 valence electrons. The molecule has 2 unspecified atom stereocenters. The summed E-state index contributed by atoms with van der Waals surface area (Å²) < 4.78 is 0. The van der Waals surface area contributed by atoms with E-state index in [1.807, 2.05) is 0 Å². The van der Waals surface area contributed by atoms with Crippen LogP contribution in [0.4, 0.5) is 5.69 Å². The van der Waals surface area contributed by atoms with Gasteiger partial charge in [0.25, 0.3) is 0 Å². The number of carbonyl (C=O) groups is 2. The number of hydrogen-bond donors (Lipinski definition) is 2. The van der Waals surface area contributed by atoms with E-state index in [1.54, 1.807) is 24.3 Å². The molecule has 1 amide bonds. The standard InChI is InChI=1S/C25H32N2O3/c1-3-7-20(23(24(26)28)18-9-11-19(12-10-18)25(29)30)21-16-17(2)8-13-22(21)27-14-5-4-6-15-27/h8-13,16,20,23H,3-7,14-15H2,1-2H3,(H2,26,28)(H,29,30). The number of anilines is 1. The number of carbonyl (C=O) groups excluding carboxylic acids is 1. The molecule has 5 nitrogen and oxygen atoms in total. The predicted molar refractivity (Wildman–Crippen MR) is 120 cm³/mol. The minimum absolute atomic E-state index is 0.0556. The number of hydrogen-bond acceptors (Lipinski definition) is 3. The zero-order chi connectivity index (χ0) is 21.7. The van der Waals surface area contributed by atoms with E-state index in [9.17, 15) is 14.7 Å². The molecule has 2 aromatic rings. The number of aryl methyl sites for hydroxylation is 1. The first-order valence-corrected chi connectivity index (χ1v) is 10.9. The number of rotatable bonds is 8. The number of nitrogens with two attached hydrogens (primary N) is 1. The van der Waals surface area contributed by atoms with Crippen LogP contribution >= 0.6 is 0 Å². The Hall–Kier alpha value is -2.82. The second-order valence-corrected chi connectivity index (χ2v) is 8.31. The van der Waals surface area contributed by atoms with Gasteiger partial charge < -0.3 is 15.7 Å². The van der Waals surface area contributed by atoms with Crippen LogP contribution in [0, 0.1) is 6.92 Å². The number of carboxylic acids is 1. The Morgan fingerprint density at radius 1 is 1.07 bits per heavy atom. The van der Waals surface area contributed by atoms with Crippen molar-refractivity contribution < 1.29 is 14.7 Å². The van der Waals surface area contributed by atoms with Crippen LogP contribution in [0.2, 0.25) is 0 Å². The van der Waals surface area contributed by atoms with Gasteiger partial charge in [0.05, 0.1) is 11.5 Å². The van der Waals surface area contributed by atoms with Crippen LogP contribution < -0.4 is 10.6 Å². The summed E-state index contributed by atoms with van der Waals surface area (Å²) in [5.41, 5.74) is 10.5. The van der Waals surface area contributed by atoms with Gasteiger partial charge in [-0.25, -0.2) is 4.79 Å². The van der Waals surface area contributed by atoms with E-state index in [4.69, 9.17) is 5.73 Å². The van der Waals surface area contributed by atoms with Crippen molar-refractivity contribution >= 4 is 17.6 Å². The molecule has 3 N–H and O–H groups in total. The van der Waals surface area contributed by atoms with Gasteiger partial charge in [0.1, 0.15) is 0 Å². The number of benzene rings is 2. The van der Waals surface area contributed by atoms with E-state index in [2.05, 4.69) is 36.9 Å². The molecule has 0 saturated carbocycles. The summed E-state index contributed by atoms with van der Waals surface area (Å²) in [6.45, 7) is 6.26. The van der Waals surface area contributed by atoms with E-state index in [-0.39, 0.29) is 17.4 Å². The summed E-state index contributed by atoms with van der Waals surface area (Å²) in [6, 6.07) is 13.1. The SMILES string of the molecule is CCCC(c1cc(C)ccc1N1CCCCC1)C(C(N)=O)c1ccc(C(=O)O)cc1. The molecule has 1 fully saturated rings. The first-order chi connectivity index (χ1) is 14.4. The molecule has 2 atom stereocenters. The summed E-state index contributed by atoms with van der Waals surface area (Å²) in [7, 11) is 0. The normalized spacial score (nSPS) is 16.1. The predicted octanol–water partition coefficient (Wildman–Crippen LogP) is 4.84. The van der Waals surface area contributed by atoms with Crippen molar-refractivity contribution in [3.63, 3.8) is 0 Å². The van der Waals surface area contributed by atoms with Gasteiger partial charge in [-0.05, 0) is 61.9 Å². The first-order valence-electron chi connectivity index (χ1n) is 10.9. The number of carboxylic acid groups (broad SMARTS) is 1. The topological polar surface area (TPSA) is 83.6 Å². The molecule has 1 heterocycles. The highest BCUT2D eigenvalue weighted by molar-refractivity contribution is 5.88. The third-order valence-electron chi connectivity index (χ3n) is 6.10. The third-order valence-corrected chi connectivity index (χ3v) is 6.10. The highest BCUT2D eigenvalue weighted by atomic mass is 16.4. The van der Waals surface area contributed by atoms with Gasteiger partial charge in [-0.3, -0.25) is 4.79 Å². The summed E-state index contributed by atoms with van der Waals surface area (Å²) in [5, 5.41) is 9.21. The first kappa shape index (κ1) is 21.9. The van der Waals surface area contributed by atoms with Crippen molar-refractivity contribution in [2.45, 2.75) is 57.8 Å². The maximum absolute atomic E-state index is 12.7. The van der Waals surface area contributed by atoms with Crippen LogP contribution in [0.3, 0.4) is 0 Å². The highest BCUT2D eigenvalue weighted by Gasteiger charge is 2.32. The van der Waals surface area contributed by atoms with Crippen molar-refractivity contribution in [3.8, 4) is 0 Å². The van der Waals surface area contributed by atoms with E-state index >= 15 is 0 Å². The number of aromatic carboxylic acids is 1. The van der Waals surface area contributed by atoms with E-state index in [0.29, 0.717) is 0 Å². The summed E-state index contributed by atoms with van der Waals surface area (Å²) in [4.78, 5) is 26.3. The maximum atomic E-state index is 12.7. The van der Waals surface area contributed by atoms with Crippen molar-refractivity contribution in [2.24, 2.45) is 5.73 Å². The summed E-state index contributed by atoms with van der Waals surface area (Å²) >= 11 is 0. The Morgan fingerprint density at radius 3 is 2.30 bits per heavy atom. The molecule has 0 spiro atoms. The Kier molecular flexibility index (Phi) is 7.14. The molecular formula is C25H32N2O3. The minimum atomic E-state index is -0.978. The van der Waals surface area contributed by atoms with E-state index in [1.165, 1.54) is 30.5 Å². The fourth-order valence-corrected chi connectivity index (χ4v) is 4.63. The molecule has 3 rings (SSSR count). The van der Waals surface area contributed by atoms with Gasteiger partial charge in [0.2, 0.25) is 5.91 Å². The largest absolute Gasteiger partial charge is 0.478 e. The lowest BCUT2D eigenvalue weighted by atomic mass is 9.77.